The molecule has 2 amide bonds. The Bertz CT molecular complexity index is 1450. The molecule has 1 saturated carbocycles. The molecule has 1 aromatic carbocycles. The highest BCUT2D eigenvalue weighted by Gasteiger charge is 2.55. The lowest BCUT2D eigenvalue weighted by molar-refractivity contribution is -0.166. The molecule has 3 fully saturated rings. The van der Waals surface area contributed by atoms with Crippen molar-refractivity contribution in [3.05, 3.63) is 41.2 Å². The molecule has 11 nitrogen and oxygen atoms in total. The number of aryl methyl sites for hydroxylation is 1. The van der Waals surface area contributed by atoms with Gasteiger partial charge in [-0.2, -0.15) is 5.10 Å². The lowest BCUT2D eigenvalue weighted by atomic mass is 9.78. The Morgan fingerprint density at radius 2 is 1.70 bits per heavy atom. The van der Waals surface area contributed by atoms with E-state index in [1.54, 1.807) is 12.1 Å². The Kier molecular flexibility index (Phi) is 13.0. The second kappa shape index (κ2) is 15.7. The summed E-state index contributed by atoms with van der Waals surface area (Å²) in [6, 6.07) is 6.25. The van der Waals surface area contributed by atoms with Gasteiger partial charge in [-0.25, -0.2) is 13.1 Å². The Hall–Kier alpha value is -2.38. The van der Waals surface area contributed by atoms with Gasteiger partial charge in [-0.1, -0.05) is 32.6 Å². The van der Waals surface area contributed by atoms with Crippen LogP contribution in [0.15, 0.2) is 24.3 Å². The van der Waals surface area contributed by atoms with Gasteiger partial charge in [0.25, 0.3) is 0 Å². The standard InChI is InChI=1S/C32H48N6O5S.2ClH/c1-5-6-18-37-30(40)28(29(39)24-10-8-7-9-11-24)33-31(41)32(37)16-19-36(20-17-32)21-27-22(2)34-38(23(27)3)26-14-12-25(13-15-26)35-44(4,42)43;;/h12-15,24,28-29,35,39H,5-11,16-21H2,1-4H3,(H,33,41);2*1H/t28-,29-;;/m1../s1. The van der Waals surface area contributed by atoms with E-state index in [0.717, 1.165) is 73.8 Å². The molecule has 258 valence electrons. The van der Waals surface area contributed by atoms with Gasteiger partial charge in [0.1, 0.15) is 11.6 Å². The number of aromatic nitrogens is 2. The number of aliphatic hydroxyl groups excluding tert-OH is 1. The minimum atomic E-state index is -3.35. The van der Waals surface area contributed by atoms with E-state index in [9.17, 15) is 23.1 Å². The second-order valence-electron chi connectivity index (χ2n) is 13.0. The van der Waals surface area contributed by atoms with Crippen LogP contribution in [0.3, 0.4) is 0 Å². The van der Waals surface area contributed by atoms with E-state index < -0.39 is 27.7 Å². The summed E-state index contributed by atoms with van der Waals surface area (Å²) in [5.41, 5.74) is 3.47. The fraction of sp³-hybridized carbons (Fsp3) is 0.656. The van der Waals surface area contributed by atoms with Crippen molar-refractivity contribution >= 4 is 52.3 Å². The van der Waals surface area contributed by atoms with E-state index in [1.807, 2.05) is 35.6 Å². The number of hydrogen-bond acceptors (Lipinski definition) is 7. The highest BCUT2D eigenvalue weighted by molar-refractivity contribution is 7.92. The van der Waals surface area contributed by atoms with Crippen LogP contribution in [0, 0.1) is 19.8 Å². The van der Waals surface area contributed by atoms with Crippen LogP contribution in [0.2, 0.25) is 0 Å². The molecule has 46 heavy (non-hydrogen) atoms. The maximum atomic E-state index is 13.9. The van der Waals surface area contributed by atoms with Crippen LogP contribution in [0.5, 0.6) is 0 Å². The highest BCUT2D eigenvalue weighted by Crippen LogP contribution is 2.37. The number of carbonyl (C=O) groups excluding carboxylic acids is 2. The van der Waals surface area contributed by atoms with Crippen LogP contribution < -0.4 is 10.0 Å². The number of nitrogens with one attached hydrogen (secondary N) is 2. The van der Waals surface area contributed by atoms with Gasteiger partial charge in [0.05, 0.1) is 23.7 Å². The largest absolute Gasteiger partial charge is 0.390 e. The van der Waals surface area contributed by atoms with Gasteiger partial charge < -0.3 is 15.3 Å². The van der Waals surface area contributed by atoms with Crippen LogP contribution in [0.25, 0.3) is 5.69 Å². The summed E-state index contributed by atoms with van der Waals surface area (Å²) in [6.07, 6.45) is 8.18. The number of sulfonamides is 1. The number of likely N-dealkylation sites (tertiary alicyclic amines) is 1. The number of unbranched alkanes of at least 4 members (excludes halogenated alkanes) is 1. The summed E-state index contributed by atoms with van der Waals surface area (Å²) in [4.78, 5) is 31.9. The summed E-state index contributed by atoms with van der Waals surface area (Å²) < 4.78 is 27.5. The Balaban J connectivity index is 0.00000288. The molecular formula is C32H50Cl2N6O5S. The van der Waals surface area contributed by atoms with Crippen molar-refractivity contribution < 1.29 is 23.1 Å². The number of rotatable bonds is 10. The smallest absolute Gasteiger partial charge is 0.248 e. The third kappa shape index (κ3) is 8.01. The third-order valence-corrected chi connectivity index (χ3v) is 10.5. The average Bonchev–Trinajstić information content (AvgIpc) is 3.28. The molecule has 1 spiro atoms. The van der Waals surface area contributed by atoms with Gasteiger partial charge in [0, 0.05) is 43.1 Å². The first-order valence-corrected chi connectivity index (χ1v) is 18.0. The van der Waals surface area contributed by atoms with E-state index in [2.05, 4.69) is 21.9 Å². The van der Waals surface area contributed by atoms with Gasteiger partial charge in [-0.3, -0.25) is 19.2 Å². The first-order chi connectivity index (χ1) is 20.9. The van der Waals surface area contributed by atoms with E-state index in [4.69, 9.17) is 5.10 Å². The second-order valence-corrected chi connectivity index (χ2v) is 14.7. The SMILES string of the molecule is CCCCN1C(=O)[C@@H]([C@H](O)C2CCCCC2)NC(=O)C12CCN(Cc1c(C)nn(-c3ccc(NS(C)(=O)=O)cc3)c1C)CC2.Cl.Cl. The van der Waals surface area contributed by atoms with Crippen molar-refractivity contribution in [3.8, 4) is 5.69 Å². The molecule has 0 unspecified atom stereocenters. The molecule has 1 aliphatic carbocycles. The Morgan fingerprint density at radius 3 is 2.28 bits per heavy atom. The minimum Gasteiger partial charge on any atom is -0.390 e. The normalized spacial score (nSPS) is 21.3. The van der Waals surface area contributed by atoms with Crippen LogP contribution in [0.4, 0.5) is 5.69 Å². The molecule has 1 aromatic heterocycles. The van der Waals surface area contributed by atoms with E-state index in [-0.39, 0.29) is 42.5 Å². The quantitative estimate of drug-likeness (QED) is 0.339. The molecule has 3 heterocycles. The molecule has 14 heteroatoms. The van der Waals surface area contributed by atoms with Gasteiger partial charge in [0.2, 0.25) is 21.8 Å². The monoisotopic (exact) mass is 700 g/mol. The first-order valence-electron chi connectivity index (χ1n) is 16.1. The Morgan fingerprint density at radius 1 is 1.07 bits per heavy atom. The van der Waals surface area contributed by atoms with Crippen LogP contribution >= 0.6 is 24.8 Å². The number of carbonyl (C=O) groups is 2. The number of nitrogens with zero attached hydrogens (tertiary/aromatic N) is 4. The zero-order valence-electron chi connectivity index (χ0n) is 27.3. The van der Waals surface area contributed by atoms with Crippen molar-refractivity contribution in [1.82, 2.24) is 24.9 Å². The summed E-state index contributed by atoms with van der Waals surface area (Å²) in [5, 5.41) is 19.0. The number of hydrogen-bond donors (Lipinski definition) is 3. The molecule has 2 atom stereocenters. The first kappa shape index (κ1) is 38.1. The van der Waals surface area contributed by atoms with Crippen molar-refractivity contribution in [2.75, 3.05) is 30.6 Å². The molecule has 5 rings (SSSR count). The third-order valence-electron chi connectivity index (χ3n) is 9.89. The van der Waals surface area contributed by atoms with Gasteiger partial charge in [-0.05, 0) is 76.1 Å². The van der Waals surface area contributed by atoms with E-state index >= 15 is 0 Å². The highest BCUT2D eigenvalue weighted by atomic mass is 35.5. The molecule has 3 N–H and O–H groups in total. The fourth-order valence-corrected chi connectivity index (χ4v) is 7.86. The van der Waals surface area contributed by atoms with Crippen molar-refractivity contribution in [3.63, 3.8) is 0 Å². The van der Waals surface area contributed by atoms with E-state index in [0.29, 0.717) is 44.7 Å². The van der Waals surface area contributed by atoms with Gasteiger partial charge >= 0.3 is 0 Å². The number of piperidine rings is 1. The topological polar surface area (TPSA) is 137 Å². The molecule has 3 aliphatic rings. The van der Waals surface area contributed by atoms with Crippen LogP contribution in [-0.2, 0) is 26.2 Å². The van der Waals surface area contributed by atoms with Crippen molar-refractivity contribution in [2.24, 2.45) is 5.92 Å². The average molecular weight is 702 g/mol. The summed E-state index contributed by atoms with van der Waals surface area (Å²) in [7, 11) is -3.35. The molecule has 2 saturated heterocycles. The molecule has 0 radical (unpaired) electrons. The predicted octanol–water partition coefficient (Wildman–Crippen LogP) is 4.11. The number of aliphatic hydroxyl groups is 1. The Labute approximate surface area is 285 Å². The van der Waals surface area contributed by atoms with Crippen LogP contribution in [0.1, 0.15) is 81.7 Å². The number of amides is 2. The molecular weight excluding hydrogens is 651 g/mol. The predicted molar refractivity (Wildman–Crippen MR) is 184 cm³/mol. The summed E-state index contributed by atoms with van der Waals surface area (Å²) in [5.74, 6) is -0.201. The fourth-order valence-electron chi connectivity index (χ4n) is 7.30. The van der Waals surface area contributed by atoms with Crippen molar-refractivity contribution in [2.45, 2.75) is 103 Å². The number of halogens is 2. The number of benzene rings is 1. The van der Waals surface area contributed by atoms with Gasteiger partial charge in [-0.15, -0.1) is 24.8 Å². The zero-order chi connectivity index (χ0) is 31.6. The minimum absolute atomic E-state index is 0. The molecule has 2 aromatic rings. The maximum Gasteiger partial charge on any atom is 0.248 e. The summed E-state index contributed by atoms with van der Waals surface area (Å²) >= 11 is 0. The lowest BCUT2D eigenvalue weighted by Crippen LogP contribution is -2.75. The number of piperazine rings is 1. The van der Waals surface area contributed by atoms with Crippen LogP contribution in [-0.4, -0.2) is 88.5 Å². The van der Waals surface area contributed by atoms with Gasteiger partial charge in [0.15, 0.2) is 0 Å². The van der Waals surface area contributed by atoms with Crippen molar-refractivity contribution in [1.29, 1.82) is 0 Å². The lowest BCUT2D eigenvalue weighted by Gasteiger charge is -2.52. The maximum absolute atomic E-state index is 13.9. The summed E-state index contributed by atoms with van der Waals surface area (Å²) in [6.45, 7) is 8.63. The molecule has 0 bridgehead atoms. The van der Waals surface area contributed by atoms with E-state index in [1.165, 1.54) is 0 Å². The number of anilines is 1. The molecule has 2 aliphatic heterocycles. The zero-order valence-corrected chi connectivity index (χ0v) is 29.8.